The van der Waals surface area contributed by atoms with Crippen LogP contribution in [0, 0.1) is 13.8 Å². The predicted molar refractivity (Wildman–Crippen MR) is 112 cm³/mol. The number of nitrogens with zero attached hydrogens (tertiary/aromatic N) is 2. The van der Waals surface area contributed by atoms with Crippen LogP contribution in [0.5, 0.6) is 0 Å². The van der Waals surface area contributed by atoms with Gasteiger partial charge in [0.15, 0.2) is 0 Å². The van der Waals surface area contributed by atoms with E-state index in [1.807, 2.05) is 43.0 Å². The van der Waals surface area contributed by atoms with Crippen molar-refractivity contribution in [3.63, 3.8) is 0 Å². The Morgan fingerprint density at radius 3 is 2.47 bits per heavy atom. The number of amides is 1. The second-order valence-electron chi connectivity index (χ2n) is 7.52. The second kappa shape index (κ2) is 8.36. The fourth-order valence-electron chi connectivity index (χ4n) is 3.96. The number of fused-ring (bicyclic) bond motifs is 1. The molecule has 0 unspecified atom stereocenters. The first-order valence-corrected chi connectivity index (χ1v) is 10.2. The Morgan fingerprint density at radius 2 is 1.80 bits per heavy atom. The summed E-state index contributed by atoms with van der Waals surface area (Å²) in [6.07, 6.45) is 0. The lowest BCUT2D eigenvalue weighted by atomic mass is 10.1. The van der Waals surface area contributed by atoms with Crippen LogP contribution in [-0.2, 0) is 11.3 Å². The molecule has 1 fully saturated rings. The maximum atomic E-state index is 12.8. The highest BCUT2D eigenvalue weighted by Crippen LogP contribution is 2.28. The summed E-state index contributed by atoms with van der Waals surface area (Å²) >= 11 is 0. The van der Waals surface area contributed by atoms with Gasteiger partial charge in [0.25, 0.3) is 5.91 Å². The lowest BCUT2D eigenvalue weighted by Crippen LogP contribution is -2.48. The minimum atomic E-state index is -0.441. The summed E-state index contributed by atoms with van der Waals surface area (Å²) < 4.78 is 16.5. The summed E-state index contributed by atoms with van der Waals surface area (Å²) in [5.74, 6) is 1.23. The number of para-hydroxylation sites is 1. The summed E-state index contributed by atoms with van der Waals surface area (Å²) in [6, 6.07) is 9.43. The number of aryl methyl sites for hydroxylation is 2. The molecule has 7 heteroatoms. The fourth-order valence-corrected chi connectivity index (χ4v) is 3.96. The molecular weight excluding hydrogens is 384 g/mol. The van der Waals surface area contributed by atoms with Crippen LogP contribution in [-0.4, -0.2) is 54.5 Å². The highest BCUT2D eigenvalue weighted by Gasteiger charge is 2.28. The van der Waals surface area contributed by atoms with Gasteiger partial charge in [-0.25, -0.2) is 4.79 Å². The third kappa shape index (κ3) is 3.85. The van der Waals surface area contributed by atoms with Gasteiger partial charge in [0, 0.05) is 43.7 Å². The molecule has 4 rings (SSSR count). The van der Waals surface area contributed by atoms with Gasteiger partial charge in [0.2, 0.25) is 5.76 Å². The third-order valence-electron chi connectivity index (χ3n) is 5.47. The lowest BCUT2D eigenvalue weighted by Gasteiger charge is -2.34. The number of hydrogen-bond acceptors (Lipinski definition) is 6. The van der Waals surface area contributed by atoms with E-state index in [2.05, 4.69) is 4.90 Å². The van der Waals surface area contributed by atoms with E-state index in [1.165, 1.54) is 0 Å². The summed E-state index contributed by atoms with van der Waals surface area (Å²) in [5.41, 5.74) is 2.15. The fraction of sp³-hybridized carbons (Fsp3) is 0.391. The molecule has 1 amide bonds. The Hall–Kier alpha value is -3.06. The van der Waals surface area contributed by atoms with Crippen LogP contribution >= 0.6 is 0 Å². The van der Waals surface area contributed by atoms with Gasteiger partial charge < -0.3 is 18.5 Å². The minimum absolute atomic E-state index is 0.00461. The van der Waals surface area contributed by atoms with E-state index in [0.717, 1.165) is 16.7 Å². The monoisotopic (exact) mass is 410 g/mol. The van der Waals surface area contributed by atoms with Crippen molar-refractivity contribution in [2.24, 2.45) is 0 Å². The first kappa shape index (κ1) is 20.2. The van der Waals surface area contributed by atoms with E-state index in [0.29, 0.717) is 56.2 Å². The smallest absolute Gasteiger partial charge is 0.374 e. The highest BCUT2D eigenvalue weighted by molar-refractivity contribution is 5.96. The molecule has 0 atom stereocenters. The van der Waals surface area contributed by atoms with Crippen molar-refractivity contribution in [3.8, 4) is 0 Å². The number of hydrogen-bond donors (Lipinski definition) is 0. The van der Waals surface area contributed by atoms with Crippen molar-refractivity contribution in [3.05, 3.63) is 58.7 Å². The topological polar surface area (TPSA) is 76.1 Å². The van der Waals surface area contributed by atoms with Gasteiger partial charge in [0.05, 0.1) is 12.2 Å². The first-order chi connectivity index (χ1) is 14.5. The summed E-state index contributed by atoms with van der Waals surface area (Å²) in [7, 11) is 0. The van der Waals surface area contributed by atoms with Crippen LogP contribution in [0.1, 0.15) is 44.9 Å². The maximum Gasteiger partial charge on any atom is 0.374 e. The molecule has 30 heavy (non-hydrogen) atoms. The number of carbonyl (C=O) groups is 2. The molecule has 2 aromatic heterocycles. The van der Waals surface area contributed by atoms with Crippen LogP contribution in [0.25, 0.3) is 11.0 Å². The van der Waals surface area contributed by atoms with Gasteiger partial charge in [-0.05, 0) is 32.9 Å². The Kier molecular flexibility index (Phi) is 5.63. The molecular formula is C23H26N2O5. The van der Waals surface area contributed by atoms with Gasteiger partial charge in [-0.1, -0.05) is 18.2 Å². The van der Waals surface area contributed by atoms with Crippen LogP contribution in [0.2, 0.25) is 0 Å². The van der Waals surface area contributed by atoms with Crippen molar-refractivity contribution in [2.75, 3.05) is 32.8 Å². The van der Waals surface area contributed by atoms with Crippen LogP contribution in [0.15, 0.2) is 39.2 Å². The molecule has 7 nitrogen and oxygen atoms in total. The largest absolute Gasteiger partial charge is 0.466 e. The third-order valence-corrected chi connectivity index (χ3v) is 5.47. The highest BCUT2D eigenvalue weighted by atomic mass is 16.5. The molecule has 0 spiro atoms. The lowest BCUT2D eigenvalue weighted by molar-refractivity contribution is 0.0488. The molecule has 0 radical (unpaired) electrons. The number of piperazine rings is 1. The number of ether oxygens (including phenoxy) is 1. The van der Waals surface area contributed by atoms with E-state index in [9.17, 15) is 9.59 Å². The second-order valence-corrected chi connectivity index (χ2v) is 7.52. The molecule has 0 saturated carbocycles. The van der Waals surface area contributed by atoms with Crippen molar-refractivity contribution < 1.29 is 23.2 Å². The van der Waals surface area contributed by atoms with Crippen molar-refractivity contribution in [1.29, 1.82) is 0 Å². The summed E-state index contributed by atoms with van der Waals surface area (Å²) in [4.78, 5) is 29.3. The number of rotatable bonds is 5. The average Bonchev–Trinajstić information content (AvgIpc) is 3.28. The average molecular weight is 410 g/mol. The van der Waals surface area contributed by atoms with Crippen molar-refractivity contribution in [1.82, 2.24) is 9.80 Å². The quantitative estimate of drug-likeness (QED) is 0.596. The number of esters is 1. The molecule has 0 N–H and O–H groups in total. The Balaban J connectivity index is 1.48. The van der Waals surface area contributed by atoms with Gasteiger partial charge in [-0.3, -0.25) is 9.69 Å². The van der Waals surface area contributed by atoms with Crippen molar-refractivity contribution in [2.45, 2.75) is 27.3 Å². The number of carbonyl (C=O) groups excluding carboxylic acids is 2. The van der Waals surface area contributed by atoms with Crippen LogP contribution in [0.3, 0.4) is 0 Å². The first-order valence-electron chi connectivity index (χ1n) is 10.2. The Labute approximate surface area is 175 Å². The molecule has 1 saturated heterocycles. The summed E-state index contributed by atoms with van der Waals surface area (Å²) in [6.45, 7) is 8.96. The van der Waals surface area contributed by atoms with Gasteiger partial charge >= 0.3 is 5.97 Å². The van der Waals surface area contributed by atoms with E-state index in [-0.39, 0.29) is 11.7 Å². The predicted octanol–water partition coefficient (Wildman–Crippen LogP) is 3.78. The van der Waals surface area contributed by atoms with Crippen LogP contribution in [0.4, 0.5) is 0 Å². The Morgan fingerprint density at radius 1 is 1.07 bits per heavy atom. The molecule has 0 bridgehead atoms. The molecule has 158 valence electrons. The van der Waals surface area contributed by atoms with Gasteiger partial charge in [-0.2, -0.15) is 0 Å². The zero-order valence-corrected chi connectivity index (χ0v) is 17.6. The Bertz CT molecular complexity index is 1070. The molecule has 1 aliphatic rings. The zero-order valence-electron chi connectivity index (χ0n) is 17.6. The van der Waals surface area contributed by atoms with E-state index < -0.39 is 5.97 Å². The molecule has 3 heterocycles. The van der Waals surface area contributed by atoms with Gasteiger partial charge in [0.1, 0.15) is 17.1 Å². The van der Waals surface area contributed by atoms with E-state index in [1.54, 1.807) is 13.0 Å². The number of furan rings is 2. The minimum Gasteiger partial charge on any atom is -0.466 e. The SMILES string of the molecule is CCOC(=O)c1oc2ccccc2c1CN1CCN(C(=O)c2cc(C)oc2C)CC1. The molecule has 1 aliphatic heterocycles. The molecule has 3 aromatic rings. The maximum absolute atomic E-state index is 12.8. The van der Waals surface area contributed by atoms with Crippen LogP contribution < -0.4 is 0 Å². The number of benzene rings is 1. The zero-order chi connectivity index (χ0) is 21.3. The van der Waals surface area contributed by atoms with Gasteiger partial charge in [-0.15, -0.1) is 0 Å². The molecule has 1 aromatic carbocycles. The van der Waals surface area contributed by atoms with E-state index >= 15 is 0 Å². The summed E-state index contributed by atoms with van der Waals surface area (Å²) in [5, 5.41) is 0.920. The molecule has 0 aliphatic carbocycles. The van der Waals surface area contributed by atoms with Crippen molar-refractivity contribution >= 4 is 22.8 Å². The standard InChI is InChI=1S/C23H26N2O5/c1-4-28-23(27)21-19(17-7-5-6-8-20(17)30-21)14-24-9-11-25(12-10-24)22(26)18-13-15(2)29-16(18)3/h5-8,13H,4,9-12,14H2,1-3H3. The normalized spacial score (nSPS) is 15.0. The van der Waals surface area contributed by atoms with E-state index in [4.69, 9.17) is 13.6 Å².